The van der Waals surface area contributed by atoms with Gasteiger partial charge in [-0.05, 0) is 42.5 Å². The van der Waals surface area contributed by atoms with E-state index >= 15 is 0 Å². The lowest BCUT2D eigenvalue weighted by Crippen LogP contribution is -2.51. The van der Waals surface area contributed by atoms with Crippen LogP contribution >= 0.6 is 0 Å². The molecule has 9 heteroatoms. The maximum absolute atomic E-state index is 13.2. The maximum Gasteiger partial charge on any atom is 0.343 e. The van der Waals surface area contributed by atoms with Gasteiger partial charge in [-0.1, -0.05) is 6.08 Å². The number of urea groups is 1. The summed E-state index contributed by atoms with van der Waals surface area (Å²) in [6, 6.07) is 7.47. The summed E-state index contributed by atoms with van der Waals surface area (Å²) in [5.41, 5.74) is 0.142. The summed E-state index contributed by atoms with van der Waals surface area (Å²) in [6.07, 6.45) is 1.42. The summed E-state index contributed by atoms with van der Waals surface area (Å²) >= 11 is 0. The highest BCUT2D eigenvalue weighted by molar-refractivity contribution is 7.94. The average Bonchev–Trinajstić information content (AvgIpc) is 2.65. The van der Waals surface area contributed by atoms with Gasteiger partial charge in [0.05, 0.1) is 24.0 Å². The van der Waals surface area contributed by atoms with Crippen LogP contribution in [-0.2, 0) is 14.8 Å². The fraction of sp³-hybridized carbons (Fsp3) is 0.111. The molecular formula is C18H15FN2O5S. The van der Waals surface area contributed by atoms with Crippen molar-refractivity contribution in [2.24, 2.45) is 0 Å². The van der Waals surface area contributed by atoms with Crippen LogP contribution in [0.5, 0.6) is 0 Å². The van der Waals surface area contributed by atoms with Gasteiger partial charge in [0.25, 0.3) is 10.0 Å². The quantitative estimate of drug-likeness (QED) is 0.592. The molecule has 0 radical (unpaired) electrons. The Balaban J connectivity index is 2.23. The monoisotopic (exact) mass is 390 g/mol. The first kappa shape index (κ1) is 18.6. The predicted octanol–water partition coefficient (Wildman–Crippen LogP) is 2.93. The first-order valence-electron chi connectivity index (χ1n) is 7.77. The molecule has 0 N–H and O–H groups in total. The fourth-order valence-electron chi connectivity index (χ4n) is 2.74. The van der Waals surface area contributed by atoms with Gasteiger partial charge >= 0.3 is 12.0 Å². The Bertz CT molecular complexity index is 1030. The first-order chi connectivity index (χ1) is 12.8. The number of carbonyl (C=O) groups excluding carboxylic acids is 2. The third kappa shape index (κ3) is 3.06. The van der Waals surface area contributed by atoms with Gasteiger partial charge in [-0.3, -0.25) is 4.90 Å². The van der Waals surface area contributed by atoms with E-state index in [1.165, 1.54) is 48.4 Å². The summed E-state index contributed by atoms with van der Waals surface area (Å²) in [4.78, 5) is 25.7. The van der Waals surface area contributed by atoms with Gasteiger partial charge in [0.1, 0.15) is 10.7 Å². The van der Waals surface area contributed by atoms with Gasteiger partial charge in [-0.25, -0.2) is 22.4 Å². The Hall–Kier alpha value is -3.20. The molecule has 27 heavy (non-hydrogen) atoms. The number of benzene rings is 2. The molecule has 7 nitrogen and oxygen atoms in total. The number of sulfonamides is 1. The number of esters is 1. The first-order valence-corrected chi connectivity index (χ1v) is 9.21. The van der Waals surface area contributed by atoms with Gasteiger partial charge in [0.2, 0.25) is 0 Å². The van der Waals surface area contributed by atoms with Crippen LogP contribution in [0.4, 0.5) is 20.6 Å². The van der Waals surface area contributed by atoms with Crippen molar-refractivity contribution in [2.45, 2.75) is 4.90 Å². The number of carbonyl (C=O) groups is 2. The molecule has 1 heterocycles. The van der Waals surface area contributed by atoms with Gasteiger partial charge in [0, 0.05) is 6.54 Å². The molecule has 0 fully saturated rings. The molecule has 2 aromatic carbocycles. The Morgan fingerprint density at radius 3 is 2.48 bits per heavy atom. The minimum absolute atomic E-state index is 0.00171. The minimum Gasteiger partial charge on any atom is -0.465 e. The molecule has 0 saturated carbocycles. The van der Waals surface area contributed by atoms with Gasteiger partial charge in [-0.15, -0.1) is 6.58 Å². The summed E-state index contributed by atoms with van der Waals surface area (Å²) in [7, 11) is -3.07. The van der Waals surface area contributed by atoms with Crippen LogP contribution in [0.15, 0.2) is 60.0 Å². The van der Waals surface area contributed by atoms with Crippen LogP contribution in [0, 0.1) is 5.82 Å². The van der Waals surface area contributed by atoms with Crippen molar-refractivity contribution in [1.29, 1.82) is 0 Å². The largest absolute Gasteiger partial charge is 0.465 e. The molecule has 0 spiro atoms. The van der Waals surface area contributed by atoms with Crippen molar-refractivity contribution in [1.82, 2.24) is 0 Å². The fourth-order valence-corrected chi connectivity index (χ4v) is 4.31. The number of anilines is 2. The molecule has 1 aliphatic heterocycles. The van der Waals surface area contributed by atoms with E-state index in [0.29, 0.717) is 4.31 Å². The molecule has 2 aromatic rings. The number of amides is 2. The second-order valence-electron chi connectivity index (χ2n) is 5.60. The number of fused-ring (bicyclic) bond motifs is 1. The second kappa shape index (κ2) is 6.84. The van der Waals surface area contributed by atoms with E-state index < -0.39 is 27.8 Å². The van der Waals surface area contributed by atoms with Gasteiger partial charge in [0.15, 0.2) is 0 Å². The average molecular weight is 390 g/mol. The molecule has 0 unspecified atom stereocenters. The minimum atomic E-state index is -4.27. The zero-order valence-electron chi connectivity index (χ0n) is 14.3. The molecule has 0 saturated heterocycles. The molecule has 3 rings (SSSR count). The van der Waals surface area contributed by atoms with Crippen molar-refractivity contribution in [2.75, 3.05) is 22.9 Å². The maximum atomic E-state index is 13.2. The smallest absolute Gasteiger partial charge is 0.343 e. The van der Waals surface area contributed by atoms with Crippen molar-refractivity contribution >= 4 is 33.4 Å². The van der Waals surface area contributed by atoms with Crippen LogP contribution in [0.1, 0.15) is 10.4 Å². The number of hydrogen-bond acceptors (Lipinski definition) is 5. The molecular weight excluding hydrogens is 375 g/mol. The Kier molecular flexibility index (Phi) is 4.71. The van der Waals surface area contributed by atoms with Crippen LogP contribution in [0.2, 0.25) is 0 Å². The standard InChI is InChI=1S/C18H15FN2O5S/c1-3-10-20-15-11-12(17(22)26-2)4-9-16(15)27(24,25)21(18(20)23)14-7-5-13(19)6-8-14/h3-9,11H,1,10H2,2H3. The van der Waals surface area contributed by atoms with Crippen molar-refractivity contribution in [3.8, 4) is 0 Å². The number of methoxy groups -OCH3 is 1. The SMILES string of the molecule is C=CCN1C(=O)N(c2ccc(F)cc2)S(=O)(=O)c2ccc(C(=O)OC)cc21. The summed E-state index contributed by atoms with van der Waals surface area (Å²) < 4.78 is 44.5. The van der Waals surface area contributed by atoms with Crippen molar-refractivity contribution in [3.05, 3.63) is 66.5 Å². The lowest BCUT2D eigenvalue weighted by atomic mass is 10.2. The number of nitrogens with zero attached hydrogens (tertiary/aromatic N) is 2. The zero-order chi connectivity index (χ0) is 19.8. The second-order valence-corrected chi connectivity index (χ2v) is 7.36. The van der Waals surface area contributed by atoms with Gasteiger partial charge < -0.3 is 4.74 Å². The zero-order valence-corrected chi connectivity index (χ0v) is 15.1. The highest BCUT2D eigenvalue weighted by Gasteiger charge is 2.42. The molecule has 0 bridgehead atoms. The molecule has 0 aromatic heterocycles. The summed E-state index contributed by atoms with van der Waals surface area (Å²) in [6.45, 7) is 3.58. The Morgan fingerprint density at radius 1 is 1.22 bits per heavy atom. The topological polar surface area (TPSA) is 84.0 Å². The third-order valence-corrected chi connectivity index (χ3v) is 5.72. The molecule has 0 aliphatic carbocycles. The lowest BCUT2D eigenvalue weighted by molar-refractivity contribution is 0.0600. The normalized spacial score (nSPS) is 15.3. The van der Waals surface area contributed by atoms with E-state index in [1.54, 1.807) is 0 Å². The number of halogens is 1. The Morgan fingerprint density at radius 2 is 1.89 bits per heavy atom. The van der Waals surface area contributed by atoms with E-state index in [9.17, 15) is 22.4 Å². The van der Waals surface area contributed by atoms with E-state index in [4.69, 9.17) is 0 Å². The third-order valence-electron chi connectivity index (χ3n) is 3.97. The number of rotatable bonds is 4. The van der Waals surface area contributed by atoms with Crippen LogP contribution in [0.3, 0.4) is 0 Å². The highest BCUT2D eigenvalue weighted by atomic mass is 32.2. The predicted molar refractivity (Wildman–Crippen MR) is 96.8 cm³/mol. The van der Waals surface area contributed by atoms with E-state index in [2.05, 4.69) is 11.3 Å². The molecule has 0 atom stereocenters. The number of hydrogen-bond donors (Lipinski definition) is 0. The summed E-state index contributed by atoms with van der Waals surface area (Å²) in [5.74, 6) is -1.23. The van der Waals surface area contributed by atoms with Crippen LogP contribution in [0.25, 0.3) is 0 Å². The molecule has 1 aliphatic rings. The van der Waals surface area contributed by atoms with Crippen molar-refractivity contribution in [3.63, 3.8) is 0 Å². The van der Waals surface area contributed by atoms with E-state index in [1.807, 2.05) is 0 Å². The van der Waals surface area contributed by atoms with E-state index in [-0.39, 0.29) is 28.4 Å². The Labute approximate surface area is 155 Å². The van der Waals surface area contributed by atoms with E-state index in [0.717, 1.165) is 12.1 Å². The molecule has 2 amide bonds. The summed E-state index contributed by atoms with van der Waals surface area (Å²) in [5, 5.41) is 0. The number of ether oxygens (including phenoxy) is 1. The van der Waals surface area contributed by atoms with Crippen LogP contribution in [-0.4, -0.2) is 34.1 Å². The highest BCUT2D eigenvalue weighted by Crippen LogP contribution is 2.37. The van der Waals surface area contributed by atoms with Gasteiger partial charge in [-0.2, -0.15) is 4.31 Å². The van der Waals surface area contributed by atoms with Crippen molar-refractivity contribution < 1.29 is 27.1 Å². The van der Waals surface area contributed by atoms with Crippen LogP contribution < -0.4 is 9.21 Å². The lowest BCUT2D eigenvalue weighted by Gasteiger charge is -2.35. The molecule has 140 valence electrons.